The fraction of sp³-hybridized carbons (Fsp3) is 0.440. The van der Waals surface area contributed by atoms with Crippen molar-refractivity contribution < 1.29 is 37.3 Å². The van der Waals surface area contributed by atoms with Crippen molar-refractivity contribution in [1.29, 1.82) is 0 Å². The van der Waals surface area contributed by atoms with Gasteiger partial charge >= 0.3 is 12.6 Å². The van der Waals surface area contributed by atoms with Gasteiger partial charge in [-0.1, -0.05) is 43.5 Å². The second kappa shape index (κ2) is 13.6. The summed E-state index contributed by atoms with van der Waals surface area (Å²) < 4.78 is 39.6. The van der Waals surface area contributed by atoms with Crippen LogP contribution >= 0.6 is 0 Å². The number of ether oxygens (including phenoxy) is 2. The van der Waals surface area contributed by atoms with E-state index >= 15 is 0 Å². The van der Waals surface area contributed by atoms with Gasteiger partial charge in [-0.2, -0.15) is 13.2 Å². The lowest BCUT2D eigenvalue weighted by Gasteiger charge is -2.26. The molecule has 1 saturated heterocycles. The number of nitrogens with two attached hydrogens (primary N) is 1. The number of carbonyl (C=O) groups excluding carboxylic acids is 1. The van der Waals surface area contributed by atoms with Crippen LogP contribution in [0.4, 0.5) is 13.2 Å². The molecular formula is C25H30F3NO5. The topological polar surface area (TPSA) is 98.9 Å². The molecule has 0 unspecified atom stereocenters. The van der Waals surface area contributed by atoms with Crippen molar-refractivity contribution in [1.82, 2.24) is 0 Å². The predicted molar refractivity (Wildman–Crippen MR) is 122 cm³/mol. The number of benzene rings is 2. The zero-order valence-corrected chi connectivity index (χ0v) is 19.0. The molecule has 3 N–H and O–H groups in total. The van der Waals surface area contributed by atoms with E-state index in [-0.39, 0.29) is 5.92 Å². The average molecular weight is 482 g/mol. The lowest BCUT2D eigenvalue weighted by atomic mass is 9.90. The number of carbonyl (C=O) groups is 2. The van der Waals surface area contributed by atoms with Gasteiger partial charge in [0.1, 0.15) is 5.75 Å². The number of amides is 1. The standard InChI is InChI=1S/C17H17NO3.C7H12O2.CHF3/c1-20-16-6-5-13(17(18)19)8-15(16)12-4-2-3-11(7-12)14-9-21-10-14;8-7(9)6-4-2-1-3-5-6;2-1(3)4/h2-8,14H,9-10H2,1H3,(H2,18,19);6H,1-5H2,(H,8,9);1H. The van der Waals surface area contributed by atoms with Crippen LogP contribution in [0.3, 0.4) is 0 Å². The first-order valence-electron chi connectivity index (χ1n) is 11.0. The third-order valence-electron chi connectivity index (χ3n) is 5.75. The molecule has 0 atom stereocenters. The highest BCUT2D eigenvalue weighted by molar-refractivity contribution is 5.94. The number of hydrogen-bond donors (Lipinski definition) is 2. The summed E-state index contributed by atoms with van der Waals surface area (Å²) in [6, 6.07) is 13.5. The molecule has 9 heteroatoms. The first-order chi connectivity index (χ1) is 16.2. The number of methoxy groups -OCH3 is 1. The van der Waals surface area contributed by atoms with Crippen LogP contribution in [0.15, 0.2) is 42.5 Å². The molecule has 186 valence electrons. The SMILES string of the molecule is COc1ccc(C(N)=O)cc1-c1cccc(C2COC2)c1.FC(F)F.O=C(O)C1CCCCC1. The van der Waals surface area contributed by atoms with Crippen LogP contribution in [0.25, 0.3) is 11.1 Å². The van der Waals surface area contributed by atoms with Gasteiger partial charge in [0.25, 0.3) is 0 Å². The molecule has 1 aliphatic heterocycles. The van der Waals surface area contributed by atoms with E-state index in [2.05, 4.69) is 12.1 Å². The number of alkyl halides is 3. The molecule has 1 saturated carbocycles. The van der Waals surface area contributed by atoms with E-state index in [0.29, 0.717) is 11.5 Å². The van der Waals surface area contributed by atoms with E-state index in [1.165, 1.54) is 12.0 Å². The monoisotopic (exact) mass is 481 g/mol. The fourth-order valence-electron chi connectivity index (χ4n) is 3.82. The van der Waals surface area contributed by atoms with Crippen LogP contribution in [0.2, 0.25) is 0 Å². The first kappa shape index (κ1) is 27.2. The Morgan fingerprint density at radius 2 is 1.71 bits per heavy atom. The summed E-state index contributed by atoms with van der Waals surface area (Å²) in [4.78, 5) is 21.7. The summed E-state index contributed by atoms with van der Waals surface area (Å²) in [5.41, 5.74) is 8.97. The van der Waals surface area contributed by atoms with Gasteiger partial charge in [0.2, 0.25) is 5.91 Å². The van der Waals surface area contributed by atoms with Crippen LogP contribution in [0.5, 0.6) is 5.75 Å². The Morgan fingerprint density at radius 1 is 1.06 bits per heavy atom. The second-order valence-electron chi connectivity index (χ2n) is 8.06. The third-order valence-corrected chi connectivity index (χ3v) is 5.75. The van der Waals surface area contributed by atoms with Crippen molar-refractivity contribution in [2.75, 3.05) is 20.3 Å². The number of rotatable bonds is 5. The van der Waals surface area contributed by atoms with Crippen molar-refractivity contribution in [2.45, 2.75) is 44.7 Å². The summed E-state index contributed by atoms with van der Waals surface area (Å²) in [7, 11) is 1.62. The maximum absolute atomic E-state index is 11.4. The van der Waals surface area contributed by atoms with Gasteiger partial charge in [-0.3, -0.25) is 9.59 Å². The molecule has 2 aliphatic rings. The lowest BCUT2D eigenvalue weighted by molar-refractivity contribution is -0.142. The minimum atomic E-state index is -3.67. The molecule has 2 aromatic carbocycles. The van der Waals surface area contributed by atoms with E-state index in [0.717, 1.165) is 55.8 Å². The smallest absolute Gasteiger partial charge is 0.379 e. The van der Waals surface area contributed by atoms with Gasteiger partial charge in [0, 0.05) is 17.0 Å². The summed E-state index contributed by atoms with van der Waals surface area (Å²) in [6.45, 7) is -2.14. The minimum absolute atomic E-state index is 0.0289. The van der Waals surface area contributed by atoms with E-state index in [4.69, 9.17) is 20.3 Å². The molecule has 0 bridgehead atoms. The summed E-state index contributed by atoms with van der Waals surface area (Å²) >= 11 is 0. The number of carboxylic acids is 1. The minimum Gasteiger partial charge on any atom is -0.496 e. The predicted octanol–water partition coefficient (Wildman–Crippen LogP) is 5.40. The summed E-state index contributed by atoms with van der Waals surface area (Å²) in [6.07, 6.45) is 5.24. The van der Waals surface area contributed by atoms with Crippen molar-refractivity contribution in [3.8, 4) is 16.9 Å². The molecule has 4 rings (SSSR count). The molecule has 0 aromatic heterocycles. The van der Waals surface area contributed by atoms with Crippen molar-refractivity contribution in [3.63, 3.8) is 0 Å². The lowest BCUT2D eigenvalue weighted by Crippen LogP contribution is -2.24. The quantitative estimate of drug-likeness (QED) is 0.595. The van der Waals surface area contributed by atoms with Crippen LogP contribution in [0.1, 0.15) is 53.9 Å². The molecular weight excluding hydrogens is 451 g/mol. The van der Waals surface area contributed by atoms with Crippen LogP contribution in [-0.4, -0.2) is 44.0 Å². The van der Waals surface area contributed by atoms with E-state index in [1.54, 1.807) is 25.3 Å². The molecule has 1 amide bonds. The Bertz CT molecular complexity index is 941. The zero-order chi connectivity index (χ0) is 25.1. The Hall–Kier alpha value is -3.07. The van der Waals surface area contributed by atoms with E-state index in [9.17, 15) is 22.8 Å². The van der Waals surface area contributed by atoms with Gasteiger partial charge in [-0.05, 0) is 42.2 Å². The maximum atomic E-state index is 11.4. The molecule has 0 spiro atoms. The Kier molecular flexibility index (Phi) is 10.9. The Balaban J connectivity index is 0.000000260. The molecule has 1 heterocycles. The van der Waals surface area contributed by atoms with Crippen LogP contribution in [-0.2, 0) is 9.53 Å². The molecule has 2 fully saturated rings. The van der Waals surface area contributed by atoms with Gasteiger partial charge in [-0.25, -0.2) is 0 Å². The van der Waals surface area contributed by atoms with Gasteiger partial charge in [-0.15, -0.1) is 0 Å². The molecule has 6 nitrogen and oxygen atoms in total. The van der Waals surface area contributed by atoms with Gasteiger partial charge in [0.15, 0.2) is 0 Å². The van der Waals surface area contributed by atoms with Crippen LogP contribution in [0, 0.1) is 5.92 Å². The fourth-order valence-corrected chi connectivity index (χ4v) is 3.82. The largest absolute Gasteiger partial charge is 0.496 e. The van der Waals surface area contributed by atoms with E-state index in [1.807, 2.05) is 12.1 Å². The third kappa shape index (κ3) is 8.37. The van der Waals surface area contributed by atoms with E-state index < -0.39 is 18.6 Å². The summed E-state index contributed by atoms with van der Waals surface area (Å²) in [5, 5.41) is 8.54. The number of aliphatic carboxylic acids is 1. The normalized spacial score (nSPS) is 15.8. The highest BCUT2D eigenvalue weighted by Crippen LogP contribution is 2.34. The highest BCUT2D eigenvalue weighted by atomic mass is 19.4. The molecule has 0 radical (unpaired) electrons. The average Bonchev–Trinajstić information content (AvgIpc) is 2.78. The Labute approximate surface area is 196 Å². The van der Waals surface area contributed by atoms with Crippen molar-refractivity contribution in [2.24, 2.45) is 11.7 Å². The van der Waals surface area contributed by atoms with Crippen molar-refractivity contribution >= 4 is 11.9 Å². The summed E-state index contributed by atoms with van der Waals surface area (Å²) in [5.74, 6) is 0.105. The van der Waals surface area contributed by atoms with Gasteiger partial charge in [0.05, 0.1) is 26.2 Å². The zero-order valence-electron chi connectivity index (χ0n) is 19.0. The second-order valence-corrected chi connectivity index (χ2v) is 8.06. The molecule has 34 heavy (non-hydrogen) atoms. The number of carboxylic acid groups (broad SMARTS) is 1. The maximum Gasteiger partial charge on any atom is 0.379 e. The number of halogens is 3. The highest BCUT2D eigenvalue weighted by Gasteiger charge is 2.21. The van der Waals surface area contributed by atoms with Gasteiger partial charge < -0.3 is 20.3 Å². The van der Waals surface area contributed by atoms with Crippen molar-refractivity contribution in [3.05, 3.63) is 53.6 Å². The Morgan fingerprint density at radius 3 is 2.18 bits per heavy atom. The number of hydrogen-bond acceptors (Lipinski definition) is 4. The number of primary amides is 1. The molecule has 2 aromatic rings. The first-order valence-corrected chi connectivity index (χ1v) is 11.0. The van der Waals surface area contributed by atoms with Crippen LogP contribution < -0.4 is 10.5 Å². The molecule has 1 aliphatic carbocycles.